The van der Waals surface area contributed by atoms with Crippen LogP contribution in [0.2, 0.25) is 0 Å². The van der Waals surface area contributed by atoms with Gasteiger partial charge in [0, 0.05) is 18.8 Å². The number of allylic oxidation sites excluding steroid dienone is 3. The molecule has 1 heterocycles. The van der Waals surface area contributed by atoms with Gasteiger partial charge < -0.3 is 9.47 Å². The molecule has 4 aliphatic rings. The van der Waals surface area contributed by atoms with Crippen molar-refractivity contribution in [3.8, 4) is 0 Å². The number of pyridine rings is 1. The average molecular weight is 464 g/mol. The monoisotopic (exact) mass is 463 g/mol. The Labute approximate surface area is 205 Å². The molecular formula is C30H41NO3. The van der Waals surface area contributed by atoms with Crippen molar-refractivity contribution in [2.24, 2.45) is 28.6 Å². The Kier molecular flexibility index (Phi) is 6.61. The second kappa shape index (κ2) is 9.51. The van der Waals surface area contributed by atoms with Crippen molar-refractivity contribution >= 4 is 11.7 Å². The molecule has 0 aromatic carbocycles. The zero-order valence-electron chi connectivity index (χ0n) is 21.2. The van der Waals surface area contributed by atoms with Crippen LogP contribution in [-0.4, -0.2) is 23.9 Å². The lowest BCUT2D eigenvalue weighted by molar-refractivity contribution is -0.0360. The first-order valence-corrected chi connectivity index (χ1v) is 13.6. The summed E-state index contributed by atoms with van der Waals surface area (Å²) in [5.41, 5.74) is 4.87. The SMILES string of the molecule is CCCCCOC(=O)O[C@H]1CC[C@@]2(C)C(=CC[C@@H]3[C@@H]2CC[C@]2(C)C(c4cccnc4)=CC[C@@H]32)C1. The Morgan fingerprint density at radius 1 is 1.09 bits per heavy atom. The maximum Gasteiger partial charge on any atom is 0.508 e. The van der Waals surface area contributed by atoms with Crippen LogP contribution >= 0.6 is 0 Å². The van der Waals surface area contributed by atoms with E-state index in [0.29, 0.717) is 12.5 Å². The second-order valence-corrected chi connectivity index (χ2v) is 11.6. The molecule has 0 aliphatic heterocycles. The summed E-state index contributed by atoms with van der Waals surface area (Å²) in [6.45, 7) is 7.63. The minimum atomic E-state index is -0.479. The number of carbonyl (C=O) groups excluding carboxylic acids is 1. The number of hydrogen-bond acceptors (Lipinski definition) is 4. The quantitative estimate of drug-likeness (QED) is 0.246. The van der Waals surface area contributed by atoms with E-state index in [1.165, 1.54) is 36.0 Å². The summed E-state index contributed by atoms with van der Waals surface area (Å²) in [6, 6.07) is 4.30. The van der Waals surface area contributed by atoms with Crippen molar-refractivity contribution in [2.45, 2.75) is 91.1 Å². The van der Waals surface area contributed by atoms with E-state index in [1.807, 2.05) is 12.4 Å². The van der Waals surface area contributed by atoms with E-state index in [2.05, 4.69) is 50.0 Å². The molecule has 4 aliphatic carbocycles. The Hall–Kier alpha value is -2.10. The normalized spacial score (nSPS) is 36.4. The maximum absolute atomic E-state index is 12.2. The highest BCUT2D eigenvalue weighted by molar-refractivity contribution is 5.72. The van der Waals surface area contributed by atoms with Crippen molar-refractivity contribution in [1.29, 1.82) is 0 Å². The number of aromatic nitrogens is 1. The van der Waals surface area contributed by atoms with Gasteiger partial charge >= 0.3 is 6.16 Å². The third-order valence-corrected chi connectivity index (χ3v) is 9.84. The standard InChI is InChI=1S/C30H41NO3/c1-4-5-6-18-33-28(32)34-23-13-15-29(2)22(19-23)9-10-24-26-12-11-25(21-8-7-17-31-20-21)30(26,3)16-14-27(24)29/h7-9,11,17,20,23-24,26-27H,4-6,10,12-16,18-19H2,1-3H3/t23-,24-,26-,27-,29-,30+/m0/s1. The molecular weight excluding hydrogens is 422 g/mol. The first kappa shape index (κ1) is 23.6. The van der Waals surface area contributed by atoms with Gasteiger partial charge in [-0.25, -0.2) is 4.79 Å². The van der Waals surface area contributed by atoms with Gasteiger partial charge in [0.05, 0.1) is 6.61 Å². The molecule has 6 atom stereocenters. The highest BCUT2D eigenvalue weighted by Gasteiger charge is 2.57. The lowest BCUT2D eigenvalue weighted by Gasteiger charge is -2.57. The third-order valence-electron chi connectivity index (χ3n) is 9.84. The van der Waals surface area contributed by atoms with E-state index in [1.54, 1.807) is 0 Å². The van der Waals surface area contributed by atoms with Crippen LogP contribution in [0.15, 0.2) is 42.3 Å². The molecule has 184 valence electrons. The number of unbranched alkanes of at least 4 members (excludes halogenated alkanes) is 2. The van der Waals surface area contributed by atoms with Crippen molar-refractivity contribution in [1.82, 2.24) is 4.98 Å². The number of ether oxygens (including phenoxy) is 2. The fourth-order valence-corrected chi connectivity index (χ4v) is 7.94. The van der Waals surface area contributed by atoms with Crippen molar-refractivity contribution in [2.75, 3.05) is 6.61 Å². The van der Waals surface area contributed by atoms with Crippen LogP contribution in [0, 0.1) is 28.6 Å². The molecule has 4 nitrogen and oxygen atoms in total. The van der Waals surface area contributed by atoms with Crippen LogP contribution in [0.4, 0.5) is 4.79 Å². The molecule has 34 heavy (non-hydrogen) atoms. The summed E-state index contributed by atoms with van der Waals surface area (Å²) in [6.07, 6.45) is 19.4. The molecule has 0 spiro atoms. The number of fused-ring (bicyclic) bond motifs is 5. The Morgan fingerprint density at radius 2 is 1.94 bits per heavy atom. The van der Waals surface area contributed by atoms with E-state index in [4.69, 9.17) is 9.47 Å². The molecule has 4 heteroatoms. The molecule has 0 saturated heterocycles. The smallest absolute Gasteiger partial charge is 0.434 e. The van der Waals surface area contributed by atoms with E-state index < -0.39 is 6.16 Å². The maximum atomic E-state index is 12.2. The average Bonchev–Trinajstić information content (AvgIpc) is 3.20. The fourth-order valence-electron chi connectivity index (χ4n) is 7.94. The predicted octanol–water partition coefficient (Wildman–Crippen LogP) is 7.75. The molecule has 0 bridgehead atoms. The zero-order valence-corrected chi connectivity index (χ0v) is 21.2. The Balaban J connectivity index is 1.26. The lowest BCUT2D eigenvalue weighted by atomic mass is 9.47. The largest absolute Gasteiger partial charge is 0.508 e. The van der Waals surface area contributed by atoms with Gasteiger partial charge in [0.1, 0.15) is 6.10 Å². The summed E-state index contributed by atoms with van der Waals surface area (Å²) in [7, 11) is 0. The third kappa shape index (κ3) is 4.12. The van der Waals surface area contributed by atoms with Gasteiger partial charge in [-0.15, -0.1) is 0 Å². The predicted molar refractivity (Wildman–Crippen MR) is 135 cm³/mol. The van der Waals surface area contributed by atoms with Gasteiger partial charge in [-0.05, 0) is 90.7 Å². The molecule has 0 unspecified atom stereocenters. The summed E-state index contributed by atoms with van der Waals surface area (Å²) in [5.74, 6) is 2.18. The van der Waals surface area contributed by atoms with Gasteiger partial charge in [-0.3, -0.25) is 4.98 Å². The topological polar surface area (TPSA) is 48.4 Å². The van der Waals surface area contributed by atoms with Crippen LogP contribution < -0.4 is 0 Å². The highest BCUT2D eigenvalue weighted by Crippen LogP contribution is 2.66. The number of carbonyl (C=O) groups is 1. The molecule has 0 N–H and O–H groups in total. The second-order valence-electron chi connectivity index (χ2n) is 11.6. The minimum absolute atomic E-state index is 0.0336. The molecule has 0 amide bonds. The van der Waals surface area contributed by atoms with Crippen LogP contribution in [0.1, 0.15) is 90.5 Å². The van der Waals surface area contributed by atoms with E-state index >= 15 is 0 Å². The lowest BCUT2D eigenvalue weighted by Crippen LogP contribution is -2.50. The molecule has 1 aromatic heterocycles. The van der Waals surface area contributed by atoms with Gasteiger partial charge in [0.2, 0.25) is 0 Å². The number of rotatable bonds is 6. The van der Waals surface area contributed by atoms with Gasteiger partial charge in [0.15, 0.2) is 0 Å². The van der Waals surface area contributed by atoms with Gasteiger partial charge in [-0.2, -0.15) is 0 Å². The van der Waals surface area contributed by atoms with Crippen molar-refractivity contribution < 1.29 is 14.3 Å². The summed E-state index contributed by atoms with van der Waals surface area (Å²) in [4.78, 5) is 16.6. The number of nitrogens with zero attached hydrogens (tertiary/aromatic N) is 1. The van der Waals surface area contributed by atoms with Crippen LogP contribution in [-0.2, 0) is 9.47 Å². The van der Waals surface area contributed by atoms with Gasteiger partial charge in [0.25, 0.3) is 0 Å². The van der Waals surface area contributed by atoms with Crippen LogP contribution in [0.5, 0.6) is 0 Å². The van der Waals surface area contributed by atoms with E-state index in [9.17, 15) is 4.79 Å². The zero-order chi connectivity index (χ0) is 23.8. The van der Waals surface area contributed by atoms with Crippen molar-refractivity contribution in [3.05, 3.63) is 47.8 Å². The highest BCUT2D eigenvalue weighted by atomic mass is 16.7. The molecule has 5 rings (SSSR count). The summed E-state index contributed by atoms with van der Waals surface area (Å²) in [5, 5.41) is 0. The summed E-state index contributed by atoms with van der Waals surface area (Å²) >= 11 is 0. The molecule has 2 saturated carbocycles. The first-order chi connectivity index (χ1) is 16.5. The van der Waals surface area contributed by atoms with Crippen molar-refractivity contribution in [3.63, 3.8) is 0 Å². The Bertz CT molecular complexity index is 953. The first-order valence-electron chi connectivity index (χ1n) is 13.6. The molecule has 1 aromatic rings. The van der Waals surface area contributed by atoms with E-state index in [0.717, 1.165) is 56.8 Å². The van der Waals surface area contributed by atoms with E-state index in [-0.39, 0.29) is 16.9 Å². The fraction of sp³-hybridized carbons (Fsp3) is 0.667. The number of hydrogen-bond donors (Lipinski definition) is 0. The van der Waals surface area contributed by atoms with Crippen LogP contribution in [0.3, 0.4) is 0 Å². The molecule has 0 radical (unpaired) electrons. The van der Waals surface area contributed by atoms with Gasteiger partial charge in [-0.1, -0.05) is 57.4 Å². The minimum Gasteiger partial charge on any atom is -0.434 e. The van der Waals surface area contributed by atoms with Crippen LogP contribution in [0.25, 0.3) is 5.57 Å². The Morgan fingerprint density at radius 3 is 2.74 bits per heavy atom. The summed E-state index contributed by atoms with van der Waals surface area (Å²) < 4.78 is 11.0. The molecule has 2 fully saturated rings.